The van der Waals surface area contributed by atoms with Crippen LogP contribution in [-0.4, -0.2) is 36.0 Å². The summed E-state index contributed by atoms with van der Waals surface area (Å²) in [6.45, 7) is 1.32. The van der Waals surface area contributed by atoms with Gasteiger partial charge in [-0.2, -0.15) is 0 Å². The van der Waals surface area contributed by atoms with Crippen LogP contribution in [0, 0.1) is 5.82 Å². The first kappa shape index (κ1) is 18.0. The molecular formula is C21H20BrFN2O2. The van der Waals surface area contributed by atoms with Gasteiger partial charge >= 0.3 is 0 Å². The zero-order chi connectivity index (χ0) is 19.0. The lowest BCUT2D eigenvalue weighted by molar-refractivity contribution is 0.0712. The molecule has 1 aromatic heterocycles. The van der Waals surface area contributed by atoms with Gasteiger partial charge in [-0.1, -0.05) is 15.9 Å². The molecule has 4 nitrogen and oxygen atoms in total. The minimum Gasteiger partial charge on any atom is -0.497 e. The number of H-pyrrole nitrogens is 1. The molecule has 0 radical (unpaired) electrons. The standard InChI is InChI=1S/C21H20BrFN2O2/c1-27-17-2-3-20-18(11-17)19(12-24-20)13-4-6-25(7-5-13)21(26)14-8-15(22)10-16(23)9-14/h2-3,8-13,24H,4-7H2,1H3. The Kier molecular flexibility index (Phi) is 4.91. The number of halogens is 2. The summed E-state index contributed by atoms with van der Waals surface area (Å²) in [5.74, 6) is 0.700. The van der Waals surface area contributed by atoms with Crippen molar-refractivity contribution in [3.05, 3.63) is 64.0 Å². The second-order valence-electron chi connectivity index (χ2n) is 6.88. The highest BCUT2D eigenvalue weighted by Gasteiger charge is 2.26. The normalized spacial score (nSPS) is 15.3. The fraction of sp³-hybridized carbons (Fsp3) is 0.286. The lowest BCUT2D eigenvalue weighted by atomic mass is 9.89. The van der Waals surface area contributed by atoms with Gasteiger partial charge in [0.15, 0.2) is 0 Å². The van der Waals surface area contributed by atoms with Crippen LogP contribution in [0.2, 0.25) is 0 Å². The van der Waals surface area contributed by atoms with Gasteiger partial charge in [0.05, 0.1) is 7.11 Å². The summed E-state index contributed by atoms with van der Waals surface area (Å²) in [6.07, 6.45) is 3.83. The van der Waals surface area contributed by atoms with Crippen molar-refractivity contribution in [3.8, 4) is 5.75 Å². The number of hydrogen-bond donors (Lipinski definition) is 1. The van der Waals surface area contributed by atoms with Crippen LogP contribution >= 0.6 is 15.9 Å². The number of amides is 1. The number of aromatic amines is 1. The van der Waals surface area contributed by atoms with Crippen molar-refractivity contribution in [1.29, 1.82) is 0 Å². The Bertz CT molecular complexity index is 973. The molecule has 1 fully saturated rings. The summed E-state index contributed by atoms with van der Waals surface area (Å²) in [5.41, 5.74) is 2.75. The molecule has 1 saturated heterocycles. The SMILES string of the molecule is COc1ccc2[nH]cc(C3CCN(C(=O)c4cc(F)cc(Br)c4)CC3)c2c1. The lowest BCUT2D eigenvalue weighted by Gasteiger charge is -2.32. The van der Waals surface area contributed by atoms with Gasteiger partial charge in [0.2, 0.25) is 0 Å². The van der Waals surface area contributed by atoms with Crippen molar-refractivity contribution < 1.29 is 13.9 Å². The predicted molar refractivity (Wildman–Crippen MR) is 107 cm³/mol. The highest BCUT2D eigenvalue weighted by Crippen LogP contribution is 2.35. The monoisotopic (exact) mass is 430 g/mol. The maximum atomic E-state index is 13.6. The first-order valence-electron chi connectivity index (χ1n) is 8.95. The van der Waals surface area contributed by atoms with E-state index in [0.29, 0.717) is 29.0 Å². The molecule has 27 heavy (non-hydrogen) atoms. The number of nitrogens with one attached hydrogen (secondary N) is 1. The van der Waals surface area contributed by atoms with E-state index in [9.17, 15) is 9.18 Å². The Hall–Kier alpha value is -2.34. The second-order valence-corrected chi connectivity index (χ2v) is 7.80. The van der Waals surface area contributed by atoms with Gasteiger partial charge < -0.3 is 14.6 Å². The molecule has 1 amide bonds. The fourth-order valence-electron chi connectivity index (χ4n) is 3.84. The van der Waals surface area contributed by atoms with Crippen LogP contribution in [0.1, 0.15) is 34.7 Å². The number of nitrogens with zero attached hydrogens (tertiary/aromatic N) is 1. The van der Waals surface area contributed by atoms with Crippen molar-refractivity contribution in [2.24, 2.45) is 0 Å². The van der Waals surface area contributed by atoms with E-state index >= 15 is 0 Å². The minimum absolute atomic E-state index is 0.116. The van der Waals surface area contributed by atoms with E-state index < -0.39 is 5.82 Å². The van der Waals surface area contributed by atoms with E-state index in [4.69, 9.17) is 4.74 Å². The van der Waals surface area contributed by atoms with Crippen LogP contribution in [0.4, 0.5) is 4.39 Å². The number of hydrogen-bond acceptors (Lipinski definition) is 2. The molecule has 140 valence electrons. The smallest absolute Gasteiger partial charge is 0.253 e. The molecule has 0 unspecified atom stereocenters. The first-order chi connectivity index (χ1) is 13.0. The van der Waals surface area contributed by atoms with E-state index in [2.05, 4.69) is 33.2 Å². The van der Waals surface area contributed by atoms with E-state index in [-0.39, 0.29) is 5.91 Å². The van der Waals surface area contributed by atoms with Crippen LogP contribution in [0.25, 0.3) is 10.9 Å². The third-order valence-electron chi connectivity index (χ3n) is 5.25. The van der Waals surface area contributed by atoms with Gasteiger partial charge in [-0.15, -0.1) is 0 Å². The third-order valence-corrected chi connectivity index (χ3v) is 5.71. The van der Waals surface area contributed by atoms with Gasteiger partial charge in [-0.05, 0) is 60.7 Å². The van der Waals surface area contributed by atoms with Crippen molar-refractivity contribution >= 4 is 32.7 Å². The Balaban J connectivity index is 1.50. The molecule has 0 aliphatic carbocycles. The second kappa shape index (κ2) is 7.35. The zero-order valence-electron chi connectivity index (χ0n) is 15.0. The molecule has 0 spiro atoms. The fourth-order valence-corrected chi connectivity index (χ4v) is 4.30. The molecule has 0 saturated carbocycles. The molecule has 6 heteroatoms. The molecule has 2 aromatic carbocycles. The highest BCUT2D eigenvalue weighted by molar-refractivity contribution is 9.10. The summed E-state index contributed by atoms with van der Waals surface area (Å²) in [7, 11) is 1.67. The molecular weight excluding hydrogens is 411 g/mol. The number of aromatic nitrogens is 1. The lowest BCUT2D eigenvalue weighted by Crippen LogP contribution is -2.37. The summed E-state index contributed by atoms with van der Waals surface area (Å²) < 4.78 is 19.5. The molecule has 0 atom stereocenters. The number of likely N-dealkylation sites (tertiary alicyclic amines) is 1. The number of methoxy groups -OCH3 is 1. The average Bonchev–Trinajstić information content (AvgIpc) is 3.10. The zero-order valence-corrected chi connectivity index (χ0v) is 16.6. The maximum Gasteiger partial charge on any atom is 0.253 e. The van der Waals surface area contributed by atoms with E-state index in [0.717, 1.165) is 24.1 Å². The third kappa shape index (κ3) is 3.58. The molecule has 2 heterocycles. The number of fused-ring (bicyclic) bond motifs is 1. The summed E-state index contributed by atoms with van der Waals surface area (Å²) in [4.78, 5) is 17.8. The van der Waals surface area contributed by atoms with E-state index in [1.54, 1.807) is 13.2 Å². The molecule has 4 rings (SSSR count). The summed E-state index contributed by atoms with van der Waals surface area (Å²) in [6, 6.07) is 10.4. The molecule has 1 aliphatic rings. The first-order valence-corrected chi connectivity index (χ1v) is 9.75. The Morgan fingerprint density at radius 1 is 1.22 bits per heavy atom. The molecule has 0 bridgehead atoms. The van der Waals surface area contributed by atoms with Crippen molar-refractivity contribution in [2.75, 3.05) is 20.2 Å². The van der Waals surface area contributed by atoms with Crippen LogP contribution in [0.5, 0.6) is 5.75 Å². The predicted octanol–water partition coefficient (Wildman–Crippen LogP) is 5.10. The van der Waals surface area contributed by atoms with E-state index in [1.165, 1.54) is 23.1 Å². The number of carbonyl (C=O) groups is 1. The van der Waals surface area contributed by atoms with Gasteiger partial charge in [0.25, 0.3) is 5.91 Å². The minimum atomic E-state index is -0.407. The largest absolute Gasteiger partial charge is 0.497 e. The summed E-state index contributed by atoms with van der Waals surface area (Å²) in [5, 5.41) is 1.17. The molecule has 1 aliphatic heterocycles. The molecule has 3 aromatic rings. The number of ether oxygens (including phenoxy) is 1. The van der Waals surface area contributed by atoms with E-state index in [1.807, 2.05) is 17.0 Å². The number of carbonyl (C=O) groups excluding carboxylic acids is 1. The van der Waals surface area contributed by atoms with Crippen molar-refractivity contribution in [2.45, 2.75) is 18.8 Å². The maximum absolute atomic E-state index is 13.6. The van der Waals surface area contributed by atoms with Gasteiger partial charge in [-0.3, -0.25) is 4.79 Å². The number of benzene rings is 2. The van der Waals surface area contributed by atoms with Gasteiger partial charge in [0.1, 0.15) is 11.6 Å². The Morgan fingerprint density at radius 2 is 2.00 bits per heavy atom. The Morgan fingerprint density at radius 3 is 2.70 bits per heavy atom. The van der Waals surface area contributed by atoms with Crippen LogP contribution in [-0.2, 0) is 0 Å². The van der Waals surface area contributed by atoms with Crippen LogP contribution < -0.4 is 4.74 Å². The quantitative estimate of drug-likeness (QED) is 0.628. The van der Waals surface area contributed by atoms with Gasteiger partial charge in [0, 0.05) is 40.2 Å². The molecule has 1 N–H and O–H groups in total. The van der Waals surface area contributed by atoms with Crippen LogP contribution in [0.3, 0.4) is 0 Å². The van der Waals surface area contributed by atoms with Gasteiger partial charge in [-0.25, -0.2) is 4.39 Å². The average molecular weight is 431 g/mol. The highest BCUT2D eigenvalue weighted by atomic mass is 79.9. The van der Waals surface area contributed by atoms with Crippen molar-refractivity contribution in [3.63, 3.8) is 0 Å². The summed E-state index contributed by atoms with van der Waals surface area (Å²) >= 11 is 3.25. The number of piperidine rings is 1. The van der Waals surface area contributed by atoms with Crippen molar-refractivity contribution in [1.82, 2.24) is 9.88 Å². The number of rotatable bonds is 3. The topological polar surface area (TPSA) is 45.3 Å². The Labute approximate surface area is 165 Å². The van der Waals surface area contributed by atoms with Crippen LogP contribution in [0.15, 0.2) is 47.1 Å².